The van der Waals surface area contributed by atoms with E-state index in [0.717, 1.165) is 0 Å². The standard InChI is InChI=1S/C3H4O5.C3H4O4/c4-2(5)1-3(6)8-7;4-2(5)1-3(6)7/h7H,1H2,(H,4,5);1H2,(H,4,5)(H,6,7). The zero-order chi connectivity index (χ0) is 12.4. The van der Waals surface area contributed by atoms with Crippen molar-refractivity contribution in [1.82, 2.24) is 0 Å². The van der Waals surface area contributed by atoms with Crippen molar-refractivity contribution in [2.45, 2.75) is 12.8 Å². The van der Waals surface area contributed by atoms with Crippen LogP contribution in [-0.2, 0) is 24.1 Å². The molecule has 4 N–H and O–H groups in total. The predicted octanol–water partition coefficient (Wildman–Crippen LogP) is -0.977. The Kier molecular flexibility index (Phi) is 8.62. The van der Waals surface area contributed by atoms with Crippen LogP contribution in [0, 0.1) is 0 Å². The summed E-state index contributed by atoms with van der Waals surface area (Å²) < 4.78 is 0. The van der Waals surface area contributed by atoms with Crippen molar-refractivity contribution in [2.24, 2.45) is 0 Å². The molecule has 0 aliphatic carbocycles. The maximum Gasteiger partial charge on any atom is 0.353 e. The van der Waals surface area contributed by atoms with E-state index in [1.165, 1.54) is 0 Å². The number of aliphatic carboxylic acids is 3. The van der Waals surface area contributed by atoms with E-state index in [-0.39, 0.29) is 0 Å². The zero-order valence-electron chi connectivity index (χ0n) is 7.24. The van der Waals surface area contributed by atoms with Crippen LogP contribution in [0.3, 0.4) is 0 Å². The molecule has 86 valence electrons. The topological polar surface area (TPSA) is 158 Å². The van der Waals surface area contributed by atoms with E-state index in [4.69, 9.17) is 20.6 Å². The molecule has 9 heteroatoms. The molecule has 0 aliphatic rings. The summed E-state index contributed by atoms with van der Waals surface area (Å²) in [5, 5.41) is 30.7. The van der Waals surface area contributed by atoms with E-state index in [1.807, 2.05) is 0 Å². The molecule has 0 unspecified atom stereocenters. The fourth-order valence-corrected chi connectivity index (χ4v) is 0.285. The van der Waals surface area contributed by atoms with Crippen LogP contribution in [-0.4, -0.2) is 44.5 Å². The molecule has 0 saturated carbocycles. The van der Waals surface area contributed by atoms with Gasteiger partial charge in [-0.3, -0.25) is 14.4 Å². The third kappa shape index (κ3) is 18.7. The maximum absolute atomic E-state index is 9.77. The van der Waals surface area contributed by atoms with Gasteiger partial charge < -0.3 is 20.2 Å². The molecule has 0 bridgehead atoms. The number of carboxylic acids is 3. The zero-order valence-corrected chi connectivity index (χ0v) is 7.24. The molecule has 0 aliphatic heterocycles. The van der Waals surface area contributed by atoms with E-state index in [0.29, 0.717) is 0 Å². The first kappa shape index (κ1) is 15.3. The Bertz CT molecular complexity index is 243. The van der Waals surface area contributed by atoms with E-state index < -0.39 is 36.7 Å². The van der Waals surface area contributed by atoms with Gasteiger partial charge in [0, 0.05) is 0 Å². The van der Waals surface area contributed by atoms with Crippen LogP contribution < -0.4 is 0 Å². The summed E-state index contributed by atoms with van der Waals surface area (Å²) in [4.78, 5) is 41.2. The highest BCUT2D eigenvalue weighted by molar-refractivity contribution is 5.89. The predicted molar refractivity (Wildman–Crippen MR) is 40.9 cm³/mol. The molecule has 15 heavy (non-hydrogen) atoms. The Morgan fingerprint density at radius 1 is 0.800 bits per heavy atom. The molecule has 0 aromatic heterocycles. The first-order chi connectivity index (χ1) is 6.79. The second-order valence-electron chi connectivity index (χ2n) is 2.00. The van der Waals surface area contributed by atoms with Gasteiger partial charge in [0.1, 0.15) is 12.8 Å². The van der Waals surface area contributed by atoms with Gasteiger partial charge in [0.25, 0.3) is 0 Å². The normalized spacial score (nSPS) is 8.07. The number of carboxylic acid groups (broad SMARTS) is 3. The fourth-order valence-electron chi connectivity index (χ4n) is 0.285. The van der Waals surface area contributed by atoms with E-state index in [2.05, 4.69) is 4.89 Å². The highest BCUT2D eigenvalue weighted by atomic mass is 17.1. The molecule has 0 rings (SSSR count). The summed E-state index contributed by atoms with van der Waals surface area (Å²) in [6.45, 7) is 0. The number of carbonyl (C=O) groups is 4. The summed E-state index contributed by atoms with van der Waals surface area (Å²) in [5.74, 6) is -5.12. The van der Waals surface area contributed by atoms with Crippen LogP contribution in [0.5, 0.6) is 0 Å². The Labute approximate surface area is 82.4 Å². The second kappa shape index (κ2) is 8.44. The number of carbonyl (C=O) groups excluding carboxylic acids is 1. The quantitative estimate of drug-likeness (QED) is 0.267. The van der Waals surface area contributed by atoms with Gasteiger partial charge in [0.15, 0.2) is 0 Å². The lowest BCUT2D eigenvalue weighted by Gasteiger charge is -1.87. The van der Waals surface area contributed by atoms with Crippen molar-refractivity contribution in [3.8, 4) is 0 Å². The van der Waals surface area contributed by atoms with Crippen LogP contribution in [0.1, 0.15) is 12.8 Å². The maximum atomic E-state index is 9.77. The third-order valence-electron chi connectivity index (χ3n) is 0.700. The Balaban J connectivity index is 0. The van der Waals surface area contributed by atoms with E-state index >= 15 is 0 Å². The number of hydrogen-bond acceptors (Lipinski definition) is 6. The molecule has 0 aromatic carbocycles. The largest absolute Gasteiger partial charge is 0.481 e. The van der Waals surface area contributed by atoms with Crippen LogP contribution in [0.15, 0.2) is 0 Å². The van der Waals surface area contributed by atoms with Gasteiger partial charge in [-0.25, -0.2) is 4.79 Å². The first-order valence-corrected chi connectivity index (χ1v) is 3.29. The molecular formula is C6H8O9. The minimum atomic E-state index is -1.33. The minimum absolute atomic E-state index is 0.806. The van der Waals surface area contributed by atoms with Crippen molar-refractivity contribution in [3.05, 3.63) is 0 Å². The van der Waals surface area contributed by atoms with Crippen molar-refractivity contribution in [1.29, 1.82) is 0 Å². The lowest BCUT2D eigenvalue weighted by atomic mass is 10.5. The SMILES string of the molecule is O=C(O)CC(=O)O.O=C(O)CC(=O)OO. The lowest BCUT2D eigenvalue weighted by molar-refractivity contribution is -0.234. The first-order valence-electron chi connectivity index (χ1n) is 3.29. The molecule has 0 amide bonds. The minimum Gasteiger partial charge on any atom is -0.481 e. The van der Waals surface area contributed by atoms with Crippen LogP contribution in [0.25, 0.3) is 0 Å². The average molecular weight is 224 g/mol. The summed E-state index contributed by atoms with van der Waals surface area (Å²) in [7, 11) is 0. The summed E-state index contributed by atoms with van der Waals surface area (Å²) in [5.41, 5.74) is 0. The van der Waals surface area contributed by atoms with Crippen LogP contribution in [0.4, 0.5) is 0 Å². The molecule has 0 aromatic rings. The molecule has 0 fully saturated rings. The molecule has 0 atom stereocenters. The van der Waals surface area contributed by atoms with Crippen molar-refractivity contribution >= 4 is 23.9 Å². The molecule has 0 spiro atoms. The molecule has 9 nitrogen and oxygen atoms in total. The summed E-state index contributed by atoms with van der Waals surface area (Å²) in [6, 6.07) is 0. The number of hydrogen-bond donors (Lipinski definition) is 4. The fraction of sp³-hybridized carbons (Fsp3) is 0.333. The highest BCUT2D eigenvalue weighted by Crippen LogP contribution is 1.80. The van der Waals surface area contributed by atoms with Gasteiger partial charge in [0.05, 0.1) is 0 Å². The van der Waals surface area contributed by atoms with Crippen LogP contribution >= 0.6 is 0 Å². The Hall–Kier alpha value is -2.16. The van der Waals surface area contributed by atoms with Gasteiger partial charge in [-0.15, -0.1) is 0 Å². The van der Waals surface area contributed by atoms with Gasteiger partial charge >= 0.3 is 23.9 Å². The van der Waals surface area contributed by atoms with Gasteiger partial charge in [0.2, 0.25) is 0 Å². The van der Waals surface area contributed by atoms with Gasteiger partial charge in [-0.05, 0) is 0 Å². The van der Waals surface area contributed by atoms with Crippen molar-refractivity contribution in [2.75, 3.05) is 0 Å². The third-order valence-corrected chi connectivity index (χ3v) is 0.700. The van der Waals surface area contributed by atoms with E-state index in [9.17, 15) is 19.2 Å². The van der Waals surface area contributed by atoms with Crippen molar-refractivity contribution in [3.63, 3.8) is 0 Å². The average Bonchev–Trinajstić information content (AvgIpc) is 2.01. The molecule has 0 saturated heterocycles. The van der Waals surface area contributed by atoms with Gasteiger partial charge in [-0.1, -0.05) is 0 Å². The van der Waals surface area contributed by atoms with Gasteiger partial charge in [-0.2, -0.15) is 5.26 Å². The molecule has 0 radical (unpaired) electrons. The van der Waals surface area contributed by atoms with Crippen LogP contribution in [0.2, 0.25) is 0 Å². The Morgan fingerprint density at radius 3 is 1.20 bits per heavy atom. The number of rotatable bonds is 4. The van der Waals surface area contributed by atoms with Crippen molar-refractivity contribution < 1.29 is 44.6 Å². The highest BCUT2D eigenvalue weighted by Gasteiger charge is 2.06. The second-order valence-corrected chi connectivity index (χ2v) is 2.00. The Morgan fingerprint density at radius 2 is 1.13 bits per heavy atom. The smallest absolute Gasteiger partial charge is 0.353 e. The molecule has 0 heterocycles. The monoisotopic (exact) mass is 224 g/mol. The molecular weight excluding hydrogens is 216 g/mol. The summed E-state index contributed by atoms with van der Waals surface area (Å²) in [6.07, 6.45) is -1.61. The summed E-state index contributed by atoms with van der Waals surface area (Å²) >= 11 is 0. The lowest BCUT2D eigenvalue weighted by Crippen LogP contribution is -2.07. The van der Waals surface area contributed by atoms with E-state index in [1.54, 1.807) is 0 Å².